The van der Waals surface area contributed by atoms with Gasteiger partial charge in [-0.15, -0.1) is 0 Å². The van der Waals surface area contributed by atoms with Crippen molar-refractivity contribution >= 4 is 15.7 Å². The molecule has 1 amide bonds. The van der Waals surface area contributed by atoms with Crippen LogP contribution in [0.15, 0.2) is 70.2 Å². The highest BCUT2D eigenvalue weighted by Gasteiger charge is 2.28. The van der Waals surface area contributed by atoms with Gasteiger partial charge < -0.3 is 18.8 Å². The molecule has 9 heteroatoms. The molecule has 0 spiro atoms. The van der Waals surface area contributed by atoms with Gasteiger partial charge >= 0.3 is 0 Å². The summed E-state index contributed by atoms with van der Waals surface area (Å²) >= 11 is 0. The van der Waals surface area contributed by atoms with Crippen LogP contribution in [0.3, 0.4) is 0 Å². The zero-order chi connectivity index (χ0) is 23.5. The summed E-state index contributed by atoms with van der Waals surface area (Å²) in [5, 5.41) is 0. The van der Waals surface area contributed by atoms with Gasteiger partial charge in [0.2, 0.25) is 0 Å². The zero-order valence-electron chi connectivity index (χ0n) is 18.7. The fourth-order valence-corrected chi connectivity index (χ4v) is 5.63. The molecule has 178 valence electrons. The summed E-state index contributed by atoms with van der Waals surface area (Å²) in [6, 6.07) is 15.8. The maximum Gasteiger partial charge on any atom is 0.289 e. The molecule has 1 fully saturated rings. The molecular formula is C25H26N2O6S. The molecule has 0 radical (unpaired) electrons. The van der Waals surface area contributed by atoms with Gasteiger partial charge in [-0.05, 0) is 35.9 Å². The molecule has 2 aromatic carbocycles. The maximum atomic E-state index is 13.1. The topological polar surface area (TPSA) is 89.3 Å². The highest BCUT2D eigenvalue weighted by Crippen LogP contribution is 2.31. The van der Waals surface area contributed by atoms with Crippen LogP contribution in [0, 0.1) is 0 Å². The van der Waals surface area contributed by atoms with Crippen molar-refractivity contribution in [3.8, 4) is 11.5 Å². The Hall–Kier alpha value is -3.30. The third-order valence-electron chi connectivity index (χ3n) is 6.06. The normalized spacial score (nSPS) is 16.4. The third kappa shape index (κ3) is 4.80. The minimum atomic E-state index is -3.58. The molecule has 3 aromatic rings. The van der Waals surface area contributed by atoms with Gasteiger partial charge in [0.05, 0.1) is 16.9 Å². The van der Waals surface area contributed by atoms with E-state index in [2.05, 4.69) is 4.90 Å². The molecule has 0 saturated carbocycles. The minimum absolute atomic E-state index is 0.0970. The molecule has 0 atom stereocenters. The summed E-state index contributed by atoms with van der Waals surface area (Å²) in [5.41, 5.74) is 1.51. The second kappa shape index (κ2) is 9.52. The quantitative estimate of drug-likeness (QED) is 0.534. The summed E-state index contributed by atoms with van der Waals surface area (Å²) in [6.07, 6.45) is 1.38. The molecule has 8 nitrogen and oxygen atoms in total. The van der Waals surface area contributed by atoms with E-state index in [0.717, 1.165) is 23.6 Å². The molecule has 0 aliphatic carbocycles. The average Bonchev–Trinajstić information content (AvgIpc) is 3.32. The first-order valence-electron chi connectivity index (χ1n) is 11.2. The van der Waals surface area contributed by atoms with Gasteiger partial charge in [0.25, 0.3) is 5.91 Å². The highest BCUT2D eigenvalue weighted by atomic mass is 32.2. The van der Waals surface area contributed by atoms with E-state index in [4.69, 9.17) is 13.9 Å². The number of benzene rings is 2. The lowest BCUT2D eigenvalue weighted by atomic mass is 10.1. The number of carbonyl (C=O) groups excluding carboxylic acids is 1. The summed E-state index contributed by atoms with van der Waals surface area (Å²) in [5.74, 6) is 1.09. The summed E-state index contributed by atoms with van der Waals surface area (Å²) in [7, 11) is -3.58. The monoisotopic (exact) mass is 482 g/mol. The Morgan fingerprint density at radius 3 is 2.38 bits per heavy atom. The van der Waals surface area contributed by atoms with Crippen LogP contribution in [0.1, 0.15) is 21.7 Å². The average molecular weight is 483 g/mol. The third-order valence-corrected chi connectivity index (χ3v) is 7.74. The Labute approximate surface area is 198 Å². The lowest BCUT2D eigenvalue weighted by molar-refractivity contribution is 0.0596. The lowest BCUT2D eigenvalue weighted by Gasteiger charge is -2.34. The SMILES string of the molecule is O=C(c1occc1CS(=O)(=O)c1ccccc1)N1CCN(Cc2ccc3c(c2)OCCO3)CC1. The Kier molecular flexibility index (Phi) is 6.30. The number of nitrogens with zero attached hydrogens (tertiary/aromatic N) is 2. The highest BCUT2D eigenvalue weighted by molar-refractivity contribution is 7.90. The largest absolute Gasteiger partial charge is 0.486 e. The van der Waals surface area contributed by atoms with Crippen molar-refractivity contribution in [1.29, 1.82) is 0 Å². The number of piperazine rings is 1. The molecule has 1 saturated heterocycles. The molecule has 0 unspecified atom stereocenters. The first-order chi connectivity index (χ1) is 16.5. The Bertz CT molecular complexity index is 1260. The van der Waals surface area contributed by atoms with E-state index in [9.17, 15) is 13.2 Å². The van der Waals surface area contributed by atoms with E-state index >= 15 is 0 Å². The summed E-state index contributed by atoms with van der Waals surface area (Å²) < 4.78 is 42.2. The van der Waals surface area contributed by atoms with Crippen molar-refractivity contribution in [2.45, 2.75) is 17.2 Å². The van der Waals surface area contributed by atoms with Crippen LogP contribution in [0.5, 0.6) is 11.5 Å². The number of ether oxygens (including phenoxy) is 2. The van der Waals surface area contributed by atoms with E-state index in [0.29, 0.717) is 45.0 Å². The number of amides is 1. The number of carbonyl (C=O) groups is 1. The van der Waals surface area contributed by atoms with Crippen LogP contribution < -0.4 is 9.47 Å². The summed E-state index contributed by atoms with van der Waals surface area (Å²) in [4.78, 5) is 17.3. The van der Waals surface area contributed by atoms with Crippen LogP contribution in [0.4, 0.5) is 0 Å². The van der Waals surface area contributed by atoms with Crippen LogP contribution >= 0.6 is 0 Å². The zero-order valence-corrected chi connectivity index (χ0v) is 19.5. The Morgan fingerprint density at radius 1 is 0.882 bits per heavy atom. The Morgan fingerprint density at radius 2 is 1.62 bits per heavy atom. The van der Waals surface area contributed by atoms with Gasteiger partial charge in [-0.25, -0.2) is 8.42 Å². The second-order valence-corrected chi connectivity index (χ2v) is 10.4. The molecule has 0 bridgehead atoms. The van der Waals surface area contributed by atoms with Crippen molar-refractivity contribution in [1.82, 2.24) is 9.80 Å². The van der Waals surface area contributed by atoms with E-state index in [1.807, 2.05) is 18.2 Å². The molecular weight excluding hydrogens is 456 g/mol. The second-order valence-electron chi connectivity index (χ2n) is 8.39. The number of sulfone groups is 1. The van der Waals surface area contributed by atoms with Gasteiger partial charge in [0.15, 0.2) is 27.1 Å². The standard InChI is InChI=1S/C25H26N2O6S/c28-25(24-20(8-13-33-24)18-34(29,30)21-4-2-1-3-5-21)27-11-9-26(10-12-27)17-19-6-7-22-23(16-19)32-15-14-31-22/h1-8,13,16H,9-12,14-15,17-18H2. The van der Waals surface area contributed by atoms with Gasteiger partial charge in [-0.2, -0.15) is 0 Å². The number of hydrogen-bond donors (Lipinski definition) is 0. The molecule has 2 aliphatic heterocycles. The number of rotatable bonds is 6. The molecule has 2 aliphatic rings. The van der Waals surface area contributed by atoms with E-state index in [1.54, 1.807) is 41.3 Å². The fraction of sp³-hybridized carbons (Fsp3) is 0.320. The van der Waals surface area contributed by atoms with Crippen LogP contribution in [-0.4, -0.2) is 63.5 Å². The van der Waals surface area contributed by atoms with Crippen LogP contribution in [0.2, 0.25) is 0 Å². The van der Waals surface area contributed by atoms with Crippen LogP contribution in [0.25, 0.3) is 0 Å². The van der Waals surface area contributed by atoms with Gasteiger partial charge in [-0.3, -0.25) is 9.69 Å². The fourth-order valence-electron chi connectivity index (χ4n) is 4.25. The predicted octanol–water partition coefficient (Wildman–Crippen LogP) is 2.98. The number of hydrogen-bond acceptors (Lipinski definition) is 7. The molecule has 0 N–H and O–H groups in total. The van der Waals surface area contributed by atoms with Gasteiger partial charge in [0.1, 0.15) is 13.2 Å². The van der Waals surface area contributed by atoms with E-state index < -0.39 is 9.84 Å². The first-order valence-corrected chi connectivity index (χ1v) is 12.9. The van der Waals surface area contributed by atoms with Crippen molar-refractivity contribution in [2.24, 2.45) is 0 Å². The van der Waals surface area contributed by atoms with Crippen molar-refractivity contribution in [3.05, 3.63) is 77.7 Å². The van der Waals surface area contributed by atoms with Gasteiger partial charge in [0, 0.05) is 38.3 Å². The van der Waals surface area contributed by atoms with E-state index in [-0.39, 0.29) is 22.3 Å². The molecule has 1 aromatic heterocycles. The Balaban J connectivity index is 1.20. The smallest absolute Gasteiger partial charge is 0.289 e. The number of furan rings is 1. The molecule has 5 rings (SSSR count). The van der Waals surface area contributed by atoms with Crippen molar-refractivity contribution < 1.29 is 27.1 Å². The first kappa shape index (κ1) is 22.5. The lowest BCUT2D eigenvalue weighted by Crippen LogP contribution is -2.48. The van der Waals surface area contributed by atoms with Crippen molar-refractivity contribution in [3.63, 3.8) is 0 Å². The number of fused-ring (bicyclic) bond motifs is 1. The van der Waals surface area contributed by atoms with E-state index in [1.165, 1.54) is 6.26 Å². The predicted molar refractivity (Wildman–Crippen MR) is 125 cm³/mol. The minimum Gasteiger partial charge on any atom is -0.486 e. The summed E-state index contributed by atoms with van der Waals surface area (Å²) in [6.45, 7) is 4.36. The van der Waals surface area contributed by atoms with Crippen LogP contribution in [-0.2, 0) is 22.1 Å². The van der Waals surface area contributed by atoms with Crippen molar-refractivity contribution in [2.75, 3.05) is 39.4 Å². The molecule has 3 heterocycles. The van der Waals surface area contributed by atoms with Gasteiger partial charge in [-0.1, -0.05) is 24.3 Å². The maximum absolute atomic E-state index is 13.1. The molecule has 34 heavy (non-hydrogen) atoms.